The fourth-order valence-corrected chi connectivity index (χ4v) is 2.56. The van der Waals surface area contributed by atoms with E-state index in [-0.39, 0.29) is 0 Å². The van der Waals surface area contributed by atoms with E-state index in [2.05, 4.69) is 20.6 Å². The molecule has 0 amide bonds. The number of nitrogens with zero attached hydrogens (tertiary/aromatic N) is 2. The molecule has 0 fully saturated rings. The Bertz CT molecular complexity index is 965. The number of hydrogen-bond donors (Lipinski definition) is 2. The minimum Gasteiger partial charge on any atom is -0.463 e. The van der Waals surface area contributed by atoms with Crippen LogP contribution < -0.4 is 20.1 Å². The molecule has 4 rings (SSSR count). The van der Waals surface area contributed by atoms with Gasteiger partial charge in [0.05, 0.1) is 23.9 Å². The monoisotopic (exact) mass is 370 g/mol. The molecule has 6 heteroatoms. The van der Waals surface area contributed by atoms with E-state index in [1.165, 1.54) is 6.33 Å². The second-order valence-electron chi connectivity index (χ2n) is 5.81. The molecule has 0 spiro atoms. The Morgan fingerprint density at radius 2 is 1.11 bits per heavy atom. The van der Waals surface area contributed by atoms with Crippen molar-refractivity contribution < 1.29 is 9.47 Å². The van der Waals surface area contributed by atoms with Gasteiger partial charge in [-0.05, 0) is 36.4 Å². The number of nitrogens with one attached hydrogen (secondary N) is 2. The van der Waals surface area contributed by atoms with Gasteiger partial charge in [-0.15, -0.1) is 0 Å². The summed E-state index contributed by atoms with van der Waals surface area (Å²) in [6, 6.07) is 17.1. The van der Waals surface area contributed by atoms with E-state index in [4.69, 9.17) is 9.47 Å². The van der Waals surface area contributed by atoms with Crippen LogP contribution in [0.2, 0.25) is 0 Å². The lowest BCUT2D eigenvalue weighted by atomic mass is 10.3. The number of rotatable bonds is 0. The molecular weight excluding hydrogens is 352 g/mol. The number of anilines is 4. The Morgan fingerprint density at radius 3 is 1.64 bits per heavy atom. The number of benzene rings is 2. The minimum atomic E-state index is 0.639. The molecule has 2 bridgehead atoms. The summed E-state index contributed by atoms with van der Waals surface area (Å²) >= 11 is 0. The number of ether oxygens (including phenoxy) is 2. The van der Waals surface area contributed by atoms with Gasteiger partial charge in [-0.1, -0.05) is 36.4 Å². The van der Waals surface area contributed by atoms with Gasteiger partial charge < -0.3 is 20.1 Å². The molecule has 0 saturated heterocycles. The van der Waals surface area contributed by atoms with Crippen LogP contribution in [0.25, 0.3) is 0 Å². The first kappa shape index (κ1) is 17.4. The minimum absolute atomic E-state index is 0.639. The van der Waals surface area contributed by atoms with Gasteiger partial charge in [-0.2, -0.15) is 0 Å². The second-order valence-corrected chi connectivity index (χ2v) is 5.81. The highest BCUT2D eigenvalue weighted by molar-refractivity contribution is 5.69. The van der Waals surface area contributed by atoms with E-state index >= 15 is 0 Å². The molecule has 28 heavy (non-hydrogen) atoms. The summed E-state index contributed by atoms with van der Waals surface area (Å²) in [5.41, 5.74) is 1.60. The van der Waals surface area contributed by atoms with Crippen LogP contribution in [0.15, 0.2) is 97.8 Å². The normalized spacial score (nSPS) is 16.4. The van der Waals surface area contributed by atoms with E-state index in [9.17, 15) is 0 Å². The van der Waals surface area contributed by atoms with Crippen molar-refractivity contribution in [1.82, 2.24) is 9.97 Å². The third-order valence-electron chi connectivity index (χ3n) is 3.85. The first-order chi connectivity index (χ1) is 13.9. The third kappa shape index (κ3) is 4.37. The molecule has 0 saturated carbocycles. The predicted molar refractivity (Wildman–Crippen MR) is 110 cm³/mol. The summed E-state index contributed by atoms with van der Waals surface area (Å²) in [4.78, 5) is 8.59. The summed E-state index contributed by atoms with van der Waals surface area (Å²) in [5, 5.41) is 6.54. The fraction of sp³-hybridized carbons (Fsp3) is 0. The van der Waals surface area contributed by atoms with Crippen LogP contribution in [-0.4, -0.2) is 9.97 Å². The Morgan fingerprint density at radius 1 is 0.607 bits per heavy atom. The molecule has 1 aliphatic heterocycles. The molecule has 1 aromatic heterocycles. The molecule has 138 valence electrons. The molecule has 0 aliphatic carbocycles. The van der Waals surface area contributed by atoms with E-state index in [0.29, 0.717) is 23.1 Å². The standard InChI is InChI=1S/C22H18N4O2/c1-2-8-14-28-20-12-6-4-10-18(20)26-22-15-21(23-16-24-22)25-17-9-3-5-11-19(17)27-13-7-1/h1-16H,(H2,23,24,25,26)/b2-1+,13-7+,14-8+. The van der Waals surface area contributed by atoms with Crippen LogP contribution in [0.1, 0.15) is 0 Å². The van der Waals surface area contributed by atoms with Crippen molar-refractivity contribution in [2.75, 3.05) is 10.6 Å². The van der Waals surface area contributed by atoms with Gasteiger partial charge >= 0.3 is 0 Å². The van der Waals surface area contributed by atoms with Crippen molar-refractivity contribution in [2.24, 2.45) is 0 Å². The van der Waals surface area contributed by atoms with Crippen molar-refractivity contribution in [3.8, 4) is 11.5 Å². The van der Waals surface area contributed by atoms with Crippen molar-refractivity contribution in [1.29, 1.82) is 0 Å². The van der Waals surface area contributed by atoms with Crippen LogP contribution in [0, 0.1) is 0 Å². The molecule has 2 aromatic carbocycles. The van der Waals surface area contributed by atoms with E-state index in [1.807, 2.05) is 66.7 Å². The average molecular weight is 370 g/mol. The summed E-state index contributed by atoms with van der Waals surface area (Å²) in [5.74, 6) is 2.66. The number of fused-ring (bicyclic) bond motifs is 4. The Hall–Kier alpha value is -4.06. The highest BCUT2D eigenvalue weighted by atomic mass is 16.5. The summed E-state index contributed by atoms with van der Waals surface area (Å²) in [6.07, 6.45) is 12.0. The zero-order chi connectivity index (χ0) is 19.0. The van der Waals surface area contributed by atoms with Crippen molar-refractivity contribution in [3.05, 3.63) is 97.8 Å². The van der Waals surface area contributed by atoms with Crippen LogP contribution in [0.3, 0.4) is 0 Å². The number of aromatic nitrogens is 2. The first-order valence-corrected chi connectivity index (χ1v) is 8.74. The molecule has 0 atom stereocenters. The molecule has 2 heterocycles. The number of hydrogen-bond acceptors (Lipinski definition) is 6. The van der Waals surface area contributed by atoms with E-state index in [0.717, 1.165) is 11.4 Å². The van der Waals surface area contributed by atoms with Crippen molar-refractivity contribution in [3.63, 3.8) is 0 Å². The van der Waals surface area contributed by atoms with Gasteiger partial charge in [0.2, 0.25) is 0 Å². The van der Waals surface area contributed by atoms with Crippen molar-refractivity contribution in [2.45, 2.75) is 0 Å². The maximum Gasteiger partial charge on any atom is 0.149 e. The van der Waals surface area contributed by atoms with Crippen LogP contribution in [0.5, 0.6) is 11.5 Å². The Labute approximate surface area is 162 Å². The molecule has 6 nitrogen and oxygen atoms in total. The van der Waals surface area contributed by atoms with E-state index in [1.54, 1.807) is 24.7 Å². The van der Waals surface area contributed by atoms with Crippen LogP contribution in [-0.2, 0) is 0 Å². The van der Waals surface area contributed by atoms with Gasteiger partial charge in [-0.25, -0.2) is 9.97 Å². The quantitative estimate of drug-likeness (QED) is 0.558. The SMILES string of the molecule is C1=C/C=C/Oc2ccccc2Nc2cc(ncn2)Nc2ccccc2O/C=C/1. The largest absolute Gasteiger partial charge is 0.463 e. The summed E-state index contributed by atoms with van der Waals surface area (Å²) < 4.78 is 11.5. The van der Waals surface area contributed by atoms with Crippen molar-refractivity contribution >= 4 is 23.0 Å². The summed E-state index contributed by atoms with van der Waals surface area (Å²) in [7, 11) is 0. The molecule has 0 radical (unpaired) electrons. The predicted octanol–water partition coefficient (Wildman–Crippen LogP) is 5.32. The molecular formula is C22H18N4O2. The lowest BCUT2D eigenvalue weighted by molar-refractivity contribution is 0.483. The maximum atomic E-state index is 5.73. The van der Waals surface area contributed by atoms with Gasteiger partial charge in [0, 0.05) is 6.07 Å². The third-order valence-corrected chi connectivity index (χ3v) is 3.85. The first-order valence-electron chi connectivity index (χ1n) is 8.74. The lowest BCUT2D eigenvalue weighted by Crippen LogP contribution is -2.00. The zero-order valence-electron chi connectivity index (χ0n) is 14.9. The Kier molecular flexibility index (Phi) is 5.30. The Balaban J connectivity index is 1.71. The molecule has 3 aromatic rings. The lowest BCUT2D eigenvalue weighted by Gasteiger charge is -2.12. The fourth-order valence-electron chi connectivity index (χ4n) is 2.56. The second kappa shape index (κ2) is 8.55. The maximum absolute atomic E-state index is 5.73. The highest BCUT2D eigenvalue weighted by Gasteiger charge is 2.07. The van der Waals surface area contributed by atoms with Crippen LogP contribution in [0.4, 0.5) is 23.0 Å². The topological polar surface area (TPSA) is 68.3 Å². The van der Waals surface area contributed by atoms with Gasteiger partial charge in [0.15, 0.2) is 0 Å². The molecule has 0 unspecified atom stereocenters. The smallest absolute Gasteiger partial charge is 0.149 e. The number of allylic oxidation sites excluding steroid dienone is 4. The number of para-hydroxylation sites is 4. The zero-order valence-corrected chi connectivity index (χ0v) is 14.9. The average Bonchev–Trinajstić information content (AvgIpc) is 2.72. The summed E-state index contributed by atoms with van der Waals surface area (Å²) in [6.45, 7) is 0. The molecule has 1 aliphatic rings. The highest BCUT2D eigenvalue weighted by Crippen LogP contribution is 2.30. The van der Waals surface area contributed by atoms with Gasteiger partial charge in [0.1, 0.15) is 29.5 Å². The van der Waals surface area contributed by atoms with E-state index < -0.39 is 0 Å². The van der Waals surface area contributed by atoms with Gasteiger partial charge in [-0.3, -0.25) is 0 Å². The van der Waals surface area contributed by atoms with Crippen LogP contribution >= 0.6 is 0 Å². The molecule has 2 N–H and O–H groups in total. The van der Waals surface area contributed by atoms with Gasteiger partial charge in [0.25, 0.3) is 0 Å².